The second-order valence-electron chi connectivity index (χ2n) is 5.18. The van der Waals surface area contributed by atoms with Crippen LogP contribution < -0.4 is 15.4 Å². The van der Waals surface area contributed by atoms with E-state index in [4.69, 9.17) is 4.74 Å². The molecular formula is C15H19FN2OS. The number of methoxy groups -OCH3 is 1. The Hall–Kier alpha value is -1.20. The molecule has 2 heterocycles. The number of nitrogens with one attached hydrogen (secondary N) is 2. The normalized spacial score (nSPS) is 26.0. The van der Waals surface area contributed by atoms with Crippen LogP contribution >= 0.6 is 11.8 Å². The number of ether oxygens (including phenoxy) is 1. The third-order valence-corrected chi connectivity index (χ3v) is 5.01. The first-order valence-electron chi connectivity index (χ1n) is 6.95. The van der Waals surface area contributed by atoms with Gasteiger partial charge in [-0.25, -0.2) is 4.39 Å². The van der Waals surface area contributed by atoms with Crippen molar-refractivity contribution in [3.05, 3.63) is 35.0 Å². The number of halogens is 1. The van der Waals surface area contributed by atoms with E-state index in [0.29, 0.717) is 17.0 Å². The maximum atomic E-state index is 13.3. The van der Waals surface area contributed by atoms with Crippen molar-refractivity contribution in [1.82, 2.24) is 10.6 Å². The molecule has 20 heavy (non-hydrogen) atoms. The summed E-state index contributed by atoms with van der Waals surface area (Å²) >= 11 is 1.81. The van der Waals surface area contributed by atoms with E-state index in [1.54, 1.807) is 13.2 Å². The van der Waals surface area contributed by atoms with Gasteiger partial charge in [-0.2, -0.15) is 0 Å². The van der Waals surface area contributed by atoms with E-state index in [2.05, 4.69) is 16.0 Å². The first-order valence-corrected chi connectivity index (χ1v) is 7.89. The summed E-state index contributed by atoms with van der Waals surface area (Å²) in [7, 11) is 1.57. The van der Waals surface area contributed by atoms with Crippen LogP contribution in [0, 0.1) is 11.7 Å². The van der Waals surface area contributed by atoms with E-state index in [9.17, 15) is 4.39 Å². The van der Waals surface area contributed by atoms with Gasteiger partial charge >= 0.3 is 0 Å². The highest BCUT2D eigenvalue weighted by Crippen LogP contribution is 2.36. The van der Waals surface area contributed by atoms with Gasteiger partial charge in [-0.3, -0.25) is 0 Å². The minimum atomic E-state index is -0.273. The third-order valence-electron chi connectivity index (χ3n) is 3.85. The summed E-state index contributed by atoms with van der Waals surface area (Å²) in [6, 6.07) is 4.67. The molecule has 108 valence electrons. The van der Waals surface area contributed by atoms with E-state index in [0.717, 1.165) is 24.4 Å². The molecule has 2 unspecified atom stereocenters. The molecule has 2 N–H and O–H groups in total. The van der Waals surface area contributed by atoms with Gasteiger partial charge in [0.05, 0.1) is 18.2 Å². The Morgan fingerprint density at radius 2 is 2.30 bits per heavy atom. The number of benzene rings is 1. The summed E-state index contributed by atoms with van der Waals surface area (Å²) in [6.07, 6.45) is 2.48. The minimum absolute atomic E-state index is 0.273. The summed E-state index contributed by atoms with van der Waals surface area (Å²) in [4.78, 5) is 0. The lowest BCUT2D eigenvalue weighted by atomic mass is 9.99. The van der Waals surface area contributed by atoms with E-state index in [1.807, 2.05) is 11.8 Å². The van der Waals surface area contributed by atoms with E-state index in [1.165, 1.54) is 25.0 Å². The fraction of sp³-hybridized carbons (Fsp3) is 0.467. The molecule has 0 aromatic heterocycles. The zero-order valence-electron chi connectivity index (χ0n) is 11.5. The Morgan fingerprint density at radius 1 is 1.40 bits per heavy atom. The van der Waals surface area contributed by atoms with Crippen LogP contribution in [0.4, 0.5) is 4.39 Å². The van der Waals surface area contributed by atoms with Crippen molar-refractivity contribution in [3.63, 3.8) is 0 Å². The zero-order valence-corrected chi connectivity index (χ0v) is 12.3. The highest BCUT2D eigenvalue weighted by molar-refractivity contribution is 8.03. The van der Waals surface area contributed by atoms with Crippen molar-refractivity contribution >= 4 is 17.5 Å². The van der Waals surface area contributed by atoms with Crippen molar-refractivity contribution in [3.8, 4) is 5.75 Å². The van der Waals surface area contributed by atoms with Crippen LogP contribution in [0.25, 0.3) is 5.70 Å². The van der Waals surface area contributed by atoms with E-state index >= 15 is 0 Å². The van der Waals surface area contributed by atoms with Crippen LogP contribution in [0.15, 0.2) is 23.6 Å². The Kier molecular flexibility index (Phi) is 4.17. The van der Waals surface area contributed by atoms with Gasteiger partial charge in [0.15, 0.2) is 0 Å². The van der Waals surface area contributed by atoms with E-state index in [-0.39, 0.29) is 5.82 Å². The number of hydrogen-bond donors (Lipinski definition) is 2. The van der Waals surface area contributed by atoms with Crippen LogP contribution in [0.2, 0.25) is 0 Å². The summed E-state index contributed by atoms with van der Waals surface area (Å²) in [5, 5.41) is 9.51. The summed E-state index contributed by atoms with van der Waals surface area (Å²) in [5.41, 5.74) is 1.95. The van der Waals surface area contributed by atoms with E-state index < -0.39 is 0 Å². The van der Waals surface area contributed by atoms with Crippen molar-refractivity contribution in [2.45, 2.75) is 18.2 Å². The standard InChI is InChI=1S/C15H19FN2OS/c1-19-14-7-11(16)4-5-12(14)13-9-20-15(18-13)10-3-2-6-17-8-10/h4-5,7,9-10,15,17-18H,2-3,6,8H2,1H3. The molecule has 1 fully saturated rings. The van der Waals surface area contributed by atoms with Crippen LogP contribution in [0.1, 0.15) is 18.4 Å². The quantitative estimate of drug-likeness (QED) is 0.898. The van der Waals surface area contributed by atoms with Crippen LogP contribution in [-0.4, -0.2) is 25.6 Å². The number of thioether (sulfide) groups is 1. The smallest absolute Gasteiger partial charge is 0.131 e. The predicted molar refractivity (Wildman–Crippen MR) is 81.0 cm³/mol. The Balaban J connectivity index is 1.73. The average molecular weight is 294 g/mol. The molecular weight excluding hydrogens is 275 g/mol. The van der Waals surface area contributed by atoms with Crippen molar-refractivity contribution in [2.24, 2.45) is 5.92 Å². The molecule has 0 spiro atoms. The largest absolute Gasteiger partial charge is 0.496 e. The average Bonchev–Trinajstić information content (AvgIpc) is 2.97. The maximum absolute atomic E-state index is 13.3. The lowest BCUT2D eigenvalue weighted by Gasteiger charge is -2.28. The molecule has 2 aliphatic heterocycles. The SMILES string of the molecule is COc1cc(F)ccc1C1=CSC(C2CCCNC2)N1. The molecule has 3 rings (SSSR count). The van der Waals surface area contributed by atoms with Gasteiger partial charge in [0.2, 0.25) is 0 Å². The van der Waals surface area contributed by atoms with Crippen LogP contribution in [0.5, 0.6) is 5.75 Å². The van der Waals surface area contributed by atoms with Gasteiger partial charge in [0, 0.05) is 24.1 Å². The van der Waals surface area contributed by atoms with Gasteiger partial charge in [-0.15, -0.1) is 11.8 Å². The Labute approximate surface area is 123 Å². The van der Waals surface area contributed by atoms with Gasteiger partial charge in [-0.1, -0.05) is 0 Å². The topological polar surface area (TPSA) is 33.3 Å². The summed E-state index contributed by atoms with van der Waals surface area (Å²) in [5.74, 6) is 0.936. The first-order chi connectivity index (χ1) is 9.78. The number of hydrogen-bond acceptors (Lipinski definition) is 4. The van der Waals surface area contributed by atoms with Crippen LogP contribution in [-0.2, 0) is 0 Å². The molecule has 2 aliphatic rings. The third kappa shape index (κ3) is 2.79. The number of rotatable bonds is 3. The highest BCUT2D eigenvalue weighted by atomic mass is 32.2. The molecule has 5 heteroatoms. The molecule has 0 aliphatic carbocycles. The molecule has 0 bridgehead atoms. The lowest BCUT2D eigenvalue weighted by molar-refractivity contribution is 0.358. The second kappa shape index (κ2) is 6.06. The maximum Gasteiger partial charge on any atom is 0.131 e. The monoisotopic (exact) mass is 294 g/mol. The van der Waals surface area contributed by atoms with Crippen molar-refractivity contribution in [1.29, 1.82) is 0 Å². The van der Waals surface area contributed by atoms with Gasteiger partial charge in [0.25, 0.3) is 0 Å². The lowest BCUT2D eigenvalue weighted by Crippen LogP contribution is -2.39. The fourth-order valence-corrected chi connectivity index (χ4v) is 3.88. The van der Waals surface area contributed by atoms with Gasteiger partial charge in [0.1, 0.15) is 11.6 Å². The molecule has 3 nitrogen and oxygen atoms in total. The summed E-state index contributed by atoms with van der Waals surface area (Å²) in [6.45, 7) is 2.19. The second-order valence-corrected chi connectivity index (χ2v) is 6.20. The van der Waals surface area contributed by atoms with Crippen LogP contribution in [0.3, 0.4) is 0 Å². The highest BCUT2D eigenvalue weighted by Gasteiger charge is 2.28. The Morgan fingerprint density at radius 3 is 3.05 bits per heavy atom. The summed E-state index contributed by atoms with van der Waals surface area (Å²) < 4.78 is 18.5. The fourth-order valence-electron chi connectivity index (χ4n) is 2.76. The zero-order chi connectivity index (χ0) is 13.9. The molecule has 0 radical (unpaired) electrons. The molecule has 2 atom stereocenters. The van der Waals surface area contributed by atoms with Gasteiger partial charge < -0.3 is 15.4 Å². The predicted octanol–water partition coefficient (Wildman–Crippen LogP) is 2.79. The molecule has 1 aromatic rings. The molecule has 0 saturated carbocycles. The minimum Gasteiger partial charge on any atom is -0.496 e. The molecule has 1 aromatic carbocycles. The van der Waals surface area contributed by atoms with Gasteiger partial charge in [-0.05, 0) is 36.9 Å². The first kappa shape index (κ1) is 13.8. The Bertz CT molecular complexity index is 515. The molecule has 0 amide bonds. The van der Waals surface area contributed by atoms with Crippen molar-refractivity contribution in [2.75, 3.05) is 20.2 Å². The molecule has 1 saturated heterocycles. The van der Waals surface area contributed by atoms with Crippen molar-refractivity contribution < 1.29 is 9.13 Å². The number of piperidine rings is 1.